The molecule has 0 bridgehead atoms. The Hall–Kier alpha value is -0.850. The maximum atomic E-state index is 13.9. The number of carbonyl (C=O) groups is 1. The van der Waals surface area contributed by atoms with Crippen molar-refractivity contribution >= 4 is 17.7 Å². The summed E-state index contributed by atoms with van der Waals surface area (Å²) in [6, 6.07) is 1.44. The first-order valence-corrected chi connectivity index (χ1v) is 20.7. The van der Waals surface area contributed by atoms with Gasteiger partial charge in [-0.15, -0.1) is 0 Å². The van der Waals surface area contributed by atoms with E-state index in [0.717, 1.165) is 48.7 Å². The maximum absolute atomic E-state index is 13.9. The summed E-state index contributed by atoms with van der Waals surface area (Å²) >= 11 is 2.12. The van der Waals surface area contributed by atoms with Crippen molar-refractivity contribution in [2.45, 2.75) is 131 Å². The van der Waals surface area contributed by atoms with E-state index in [4.69, 9.17) is 0 Å². The standard InChI is InChI=1S/C41H65FN2O2S/c1-27-25-47-24-23-44(27)22-21-43-33-9-7-29-30(33)13-17-39(5)32(29)8-10-35-38(4)16-14-31(37(2,3)34(38)15-18-40(35,39)6)28-11-19-41(26-42,20-12-28)36(45)46/h11,14,27,29-30,32-35,43H,7-10,12-13,15-26H2,1-6H3,(H,45,46)/t27?,29-,30?,32+,33+,34?,35?,38-,39+,40+,41+/m0/s1. The predicted molar refractivity (Wildman–Crippen MR) is 193 cm³/mol. The number of hydrogen-bond acceptors (Lipinski definition) is 4. The summed E-state index contributed by atoms with van der Waals surface area (Å²) in [4.78, 5) is 14.6. The van der Waals surface area contributed by atoms with Crippen molar-refractivity contribution in [2.24, 2.45) is 56.7 Å². The third-order valence-corrected chi connectivity index (χ3v) is 18.1. The maximum Gasteiger partial charge on any atom is 0.312 e. The molecular weight excluding hydrogens is 604 g/mol. The van der Waals surface area contributed by atoms with Gasteiger partial charge in [0.05, 0.1) is 5.41 Å². The van der Waals surface area contributed by atoms with Crippen molar-refractivity contribution < 1.29 is 14.3 Å². The van der Waals surface area contributed by atoms with Crippen LogP contribution in [0.1, 0.15) is 119 Å². The quantitative estimate of drug-likeness (QED) is 0.283. The van der Waals surface area contributed by atoms with Crippen molar-refractivity contribution in [3.8, 4) is 0 Å². The second-order valence-corrected chi connectivity index (χ2v) is 20.0. The highest BCUT2D eigenvalue weighted by molar-refractivity contribution is 7.99. The summed E-state index contributed by atoms with van der Waals surface area (Å²) in [6.45, 7) is 18.4. The fourth-order valence-corrected chi connectivity index (χ4v) is 15.1. The molecule has 0 spiro atoms. The van der Waals surface area contributed by atoms with Crippen LogP contribution in [0.15, 0.2) is 23.3 Å². The third-order valence-electron chi connectivity index (χ3n) is 16.9. The molecule has 4 saturated carbocycles. The van der Waals surface area contributed by atoms with Crippen molar-refractivity contribution in [2.75, 3.05) is 37.8 Å². The number of aliphatic carboxylic acids is 1. The summed E-state index contributed by atoms with van der Waals surface area (Å²) < 4.78 is 13.9. The summed E-state index contributed by atoms with van der Waals surface area (Å²) in [6.07, 6.45) is 18.3. The largest absolute Gasteiger partial charge is 0.481 e. The molecule has 4 nitrogen and oxygen atoms in total. The minimum atomic E-state index is -1.22. The van der Waals surface area contributed by atoms with Crippen LogP contribution in [0, 0.1) is 56.7 Å². The number of thioether (sulfide) groups is 1. The van der Waals surface area contributed by atoms with E-state index >= 15 is 0 Å². The van der Waals surface area contributed by atoms with Gasteiger partial charge in [-0.3, -0.25) is 9.69 Å². The molecular formula is C41H65FN2O2S. The SMILES string of the molecule is CC1CSCCN1CCN[C@@H]1CC[C@H]2C1CC[C@]1(C)[C@@H]2CCC2[C@@]3(C)CC=C(C4=CC[C@@](CF)(C(=O)O)CC4)C(C)(C)C3CC[C@]21C. The van der Waals surface area contributed by atoms with Gasteiger partial charge in [0.2, 0.25) is 0 Å². The molecule has 0 aromatic carbocycles. The van der Waals surface area contributed by atoms with Crippen LogP contribution in [0.3, 0.4) is 0 Å². The average molecular weight is 669 g/mol. The molecule has 6 aliphatic carbocycles. The highest BCUT2D eigenvalue weighted by atomic mass is 32.2. The minimum absolute atomic E-state index is 0.0453. The van der Waals surface area contributed by atoms with Gasteiger partial charge < -0.3 is 10.4 Å². The van der Waals surface area contributed by atoms with Crippen molar-refractivity contribution in [3.63, 3.8) is 0 Å². The van der Waals surface area contributed by atoms with E-state index in [2.05, 4.69) is 75.7 Å². The zero-order valence-electron chi connectivity index (χ0n) is 30.5. The van der Waals surface area contributed by atoms with E-state index < -0.39 is 18.1 Å². The topological polar surface area (TPSA) is 52.6 Å². The Morgan fingerprint density at radius 3 is 2.45 bits per heavy atom. The number of rotatable bonds is 7. The van der Waals surface area contributed by atoms with E-state index in [1.54, 1.807) is 0 Å². The highest BCUT2D eigenvalue weighted by Crippen LogP contribution is 2.75. The minimum Gasteiger partial charge on any atom is -0.481 e. The van der Waals surface area contributed by atoms with Gasteiger partial charge >= 0.3 is 5.97 Å². The Bertz CT molecular complexity index is 1280. The molecule has 0 aromatic heterocycles. The number of allylic oxidation sites excluding steroid dienone is 4. The van der Waals surface area contributed by atoms with Gasteiger partial charge in [0.15, 0.2) is 0 Å². The first kappa shape index (κ1) is 34.6. The van der Waals surface area contributed by atoms with Crippen molar-refractivity contribution in [3.05, 3.63) is 23.3 Å². The van der Waals surface area contributed by atoms with Crippen LogP contribution in [0.2, 0.25) is 0 Å². The molecule has 7 rings (SSSR count). The first-order chi connectivity index (χ1) is 22.3. The molecule has 0 radical (unpaired) electrons. The molecule has 1 heterocycles. The molecule has 2 N–H and O–H groups in total. The molecule has 1 aliphatic heterocycles. The molecule has 11 atom stereocenters. The second kappa shape index (κ2) is 12.4. The van der Waals surface area contributed by atoms with Gasteiger partial charge in [-0.25, -0.2) is 4.39 Å². The Balaban J connectivity index is 1.06. The number of fused-ring (bicyclic) bond motifs is 7. The van der Waals surface area contributed by atoms with Gasteiger partial charge in [0, 0.05) is 43.2 Å². The summed E-state index contributed by atoms with van der Waals surface area (Å²) in [7, 11) is 0. The molecule has 4 unspecified atom stereocenters. The predicted octanol–water partition coefficient (Wildman–Crippen LogP) is 9.16. The monoisotopic (exact) mass is 668 g/mol. The molecule has 47 heavy (non-hydrogen) atoms. The Kier molecular flexibility index (Phi) is 9.15. The first-order valence-electron chi connectivity index (χ1n) is 19.6. The fourth-order valence-electron chi connectivity index (χ4n) is 14.0. The lowest BCUT2D eigenvalue weighted by atomic mass is 9.33. The second-order valence-electron chi connectivity index (χ2n) is 18.8. The lowest BCUT2D eigenvalue weighted by Gasteiger charge is -2.71. The van der Waals surface area contributed by atoms with Crippen molar-refractivity contribution in [1.29, 1.82) is 0 Å². The highest BCUT2D eigenvalue weighted by Gasteiger charge is 2.68. The Labute approximate surface area is 289 Å². The number of carboxylic acids is 1. The summed E-state index contributed by atoms with van der Waals surface area (Å²) in [5.74, 6) is 5.61. The van der Waals surface area contributed by atoms with E-state index in [1.807, 2.05) is 0 Å². The molecule has 6 heteroatoms. The van der Waals surface area contributed by atoms with Gasteiger partial charge in [0.1, 0.15) is 6.67 Å². The third kappa shape index (κ3) is 5.28. The lowest BCUT2D eigenvalue weighted by molar-refractivity contribution is -0.215. The number of halogens is 1. The smallest absolute Gasteiger partial charge is 0.312 e. The molecule has 0 aromatic rings. The van der Waals surface area contributed by atoms with Gasteiger partial charge in [-0.2, -0.15) is 11.8 Å². The normalized spacial score (nSPS) is 47.9. The van der Waals surface area contributed by atoms with Crippen LogP contribution in [0.4, 0.5) is 4.39 Å². The zero-order valence-corrected chi connectivity index (χ0v) is 31.3. The van der Waals surface area contributed by atoms with Gasteiger partial charge in [-0.05, 0) is 146 Å². The van der Waals surface area contributed by atoms with E-state index in [9.17, 15) is 14.3 Å². The van der Waals surface area contributed by atoms with Crippen LogP contribution < -0.4 is 5.32 Å². The molecule has 5 fully saturated rings. The van der Waals surface area contributed by atoms with E-state index in [1.165, 1.54) is 87.1 Å². The Morgan fingerprint density at radius 2 is 1.74 bits per heavy atom. The molecule has 264 valence electrons. The number of nitrogens with one attached hydrogen (secondary N) is 1. The van der Waals surface area contributed by atoms with Crippen LogP contribution in [-0.2, 0) is 4.79 Å². The van der Waals surface area contributed by atoms with Gasteiger partial charge in [-0.1, -0.05) is 46.8 Å². The van der Waals surface area contributed by atoms with Crippen LogP contribution in [-0.4, -0.2) is 65.9 Å². The lowest BCUT2D eigenvalue weighted by Crippen LogP contribution is -2.64. The van der Waals surface area contributed by atoms with Crippen molar-refractivity contribution in [1.82, 2.24) is 10.2 Å². The average Bonchev–Trinajstić information content (AvgIpc) is 3.45. The van der Waals surface area contributed by atoms with Crippen LogP contribution in [0.25, 0.3) is 0 Å². The fraction of sp³-hybridized carbons (Fsp3) is 0.878. The molecule has 0 amide bonds. The molecule has 7 aliphatic rings. The number of alkyl halides is 1. The zero-order chi connectivity index (χ0) is 33.4. The van der Waals surface area contributed by atoms with E-state index in [0.29, 0.717) is 36.0 Å². The van der Waals surface area contributed by atoms with Crippen LogP contribution in [0.5, 0.6) is 0 Å². The number of hydrogen-bond donors (Lipinski definition) is 2. The van der Waals surface area contributed by atoms with Gasteiger partial charge in [0.25, 0.3) is 0 Å². The van der Waals surface area contributed by atoms with Crippen LogP contribution >= 0.6 is 11.8 Å². The number of carboxylic acid groups (broad SMARTS) is 1. The van der Waals surface area contributed by atoms with E-state index in [-0.39, 0.29) is 10.8 Å². The Morgan fingerprint density at radius 1 is 0.957 bits per heavy atom. The summed E-state index contributed by atoms with van der Waals surface area (Å²) in [5.41, 5.74) is 2.66. The number of nitrogens with zero attached hydrogens (tertiary/aromatic N) is 1. The summed E-state index contributed by atoms with van der Waals surface area (Å²) in [5, 5.41) is 13.9. The molecule has 1 saturated heterocycles.